The largest absolute Gasteiger partial charge is 0.357 e. The van der Waals surface area contributed by atoms with Crippen LogP contribution in [0.4, 0.5) is 5.69 Å². The molecule has 0 radical (unpaired) electrons. The molecular weight excluding hydrogens is 388 g/mol. The molecule has 3 rings (SSSR count). The fourth-order valence-electron chi connectivity index (χ4n) is 4.27. The molecule has 30 heavy (non-hydrogen) atoms. The number of rotatable bonds is 5. The van der Waals surface area contributed by atoms with E-state index in [9.17, 15) is 4.79 Å². The highest BCUT2D eigenvalue weighted by Crippen LogP contribution is 2.36. The van der Waals surface area contributed by atoms with Crippen LogP contribution in [0.1, 0.15) is 81.8 Å². The molecule has 0 aliphatic heterocycles. The predicted molar refractivity (Wildman–Crippen MR) is 130 cm³/mol. The summed E-state index contributed by atoms with van der Waals surface area (Å²) in [7, 11) is 0. The molecular formula is C26H34N2OS. The number of anilines is 1. The second-order valence-electron chi connectivity index (χ2n) is 9.83. The fourth-order valence-corrected chi connectivity index (χ4v) is 4.59. The quantitative estimate of drug-likeness (QED) is 0.428. The monoisotopic (exact) mass is 422 g/mol. The number of carbonyl (C=O) groups is 1. The molecule has 2 N–H and O–H groups in total. The van der Waals surface area contributed by atoms with E-state index in [0.29, 0.717) is 22.2 Å². The van der Waals surface area contributed by atoms with Gasteiger partial charge in [0.05, 0.1) is 0 Å². The average molecular weight is 423 g/mol. The molecule has 1 aliphatic rings. The third-order valence-electron chi connectivity index (χ3n) is 6.36. The first-order valence-corrected chi connectivity index (χ1v) is 11.4. The Balaban J connectivity index is 1.71. The maximum atomic E-state index is 13.0. The molecule has 1 fully saturated rings. The molecule has 1 aliphatic carbocycles. The number of carbonyl (C=O) groups excluding carboxylic acids is 1. The zero-order valence-electron chi connectivity index (χ0n) is 18.8. The molecule has 0 amide bonds. The third-order valence-corrected chi connectivity index (χ3v) is 6.56. The Bertz CT molecular complexity index is 903. The van der Waals surface area contributed by atoms with Crippen molar-refractivity contribution >= 4 is 28.8 Å². The molecule has 2 aromatic rings. The number of ketones is 1. The maximum Gasteiger partial charge on any atom is 0.193 e. The lowest BCUT2D eigenvalue weighted by molar-refractivity contribution is 0.103. The first kappa shape index (κ1) is 22.5. The standard InChI is InChI=1S/C26H34N2OS/c1-18(2)26(15-6-7-16-26)28-24(30)27-22-10-8-9-20(17-22)23(29)19-11-13-21(14-12-19)25(3,4)5/h8-14,17-18H,6-7,15-16H2,1-5H3,(H2,27,28,30). The van der Waals surface area contributed by atoms with Crippen molar-refractivity contribution in [1.82, 2.24) is 5.32 Å². The van der Waals surface area contributed by atoms with Crippen molar-refractivity contribution in [3.05, 3.63) is 65.2 Å². The van der Waals surface area contributed by atoms with Gasteiger partial charge in [0, 0.05) is 22.4 Å². The Morgan fingerprint density at radius 2 is 1.63 bits per heavy atom. The van der Waals surface area contributed by atoms with Gasteiger partial charge in [-0.25, -0.2) is 0 Å². The molecule has 160 valence electrons. The van der Waals surface area contributed by atoms with Gasteiger partial charge in [-0.15, -0.1) is 0 Å². The summed E-state index contributed by atoms with van der Waals surface area (Å²) in [5.41, 5.74) is 3.56. The lowest BCUT2D eigenvalue weighted by atomic mass is 9.85. The third kappa shape index (κ3) is 5.10. The summed E-state index contributed by atoms with van der Waals surface area (Å²) < 4.78 is 0. The van der Waals surface area contributed by atoms with Gasteiger partial charge in [-0.3, -0.25) is 4.79 Å². The second kappa shape index (κ2) is 8.89. The zero-order valence-corrected chi connectivity index (χ0v) is 19.7. The van der Waals surface area contributed by atoms with Gasteiger partial charge in [0.15, 0.2) is 10.9 Å². The van der Waals surface area contributed by atoms with E-state index >= 15 is 0 Å². The SMILES string of the molecule is CC(C)C1(NC(=S)Nc2cccc(C(=O)c3ccc(C(C)(C)C)cc3)c2)CCCC1. The summed E-state index contributed by atoms with van der Waals surface area (Å²) >= 11 is 5.61. The van der Waals surface area contributed by atoms with E-state index in [1.165, 1.54) is 18.4 Å². The van der Waals surface area contributed by atoms with Gasteiger partial charge in [0.25, 0.3) is 0 Å². The highest BCUT2D eigenvalue weighted by atomic mass is 32.1. The van der Waals surface area contributed by atoms with Gasteiger partial charge in [-0.2, -0.15) is 0 Å². The molecule has 0 aromatic heterocycles. The molecule has 1 saturated carbocycles. The van der Waals surface area contributed by atoms with Crippen LogP contribution in [0.15, 0.2) is 48.5 Å². The predicted octanol–water partition coefficient (Wildman–Crippen LogP) is 6.47. The lowest BCUT2D eigenvalue weighted by Gasteiger charge is -2.35. The molecule has 0 saturated heterocycles. The van der Waals surface area contributed by atoms with Crippen LogP contribution in [-0.2, 0) is 5.41 Å². The molecule has 2 aromatic carbocycles. The van der Waals surface area contributed by atoms with E-state index in [4.69, 9.17) is 12.2 Å². The van der Waals surface area contributed by atoms with Crippen LogP contribution in [0.5, 0.6) is 0 Å². The summed E-state index contributed by atoms with van der Waals surface area (Å²) in [6.07, 6.45) is 4.78. The summed E-state index contributed by atoms with van der Waals surface area (Å²) in [6, 6.07) is 15.5. The van der Waals surface area contributed by atoms with Crippen LogP contribution < -0.4 is 10.6 Å². The fraction of sp³-hybridized carbons (Fsp3) is 0.462. The van der Waals surface area contributed by atoms with Crippen LogP contribution in [0.3, 0.4) is 0 Å². The van der Waals surface area contributed by atoms with Crippen molar-refractivity contribution in [3.63, 3.8) is 0 Å². The van der Waals surface area contributed by atoms with Crippen molar-refractivity contribution < 1.29 is 4.79 Å². The van der Waals surface area contributed by atoms with Crippen molar-refractivity contribution in [2.45, 2.75) is 71.3 Å². The zero-order chi connectivity index (χ0) is 21.9. The number of thiocarbonyl (C=S) groups is 1. The summed E-state index contributed by atoms with van der Waals surface area (Å²) in [5, 5.41) is 7.50. The highest BCUT2D eigenvalue weighted by Gasteiger charge is 2.37. The molecule has 0 spiro atoms. The van der Waals surface area contributed by atoms with Gasteiger partial charge < -0.3 is 10.6 Å². The maximum absolute atomic E-state index is 13.0. The molecule has 0 atom stereocenters. The average Bonchev–Trinajstić information content (AvgIpc) is 3.17. The van der Waals surface area contributed by atoms with E-state index in [0.717, 1.165) is 18.5 Å². The highest BCUT2D eigenvalue weighted by molar-refractivity contribution is 7.80. The van der Waals surface area contributed by atoms with Crippen molar-refractivity contribution in [3.8, 4) is 0 Å². The topological polar surface area (TPSA) is 41.1 Å². The Morgan fingerprint density at radius 1 is 1.00 bits per heavy atom. The van der Waals surface area contributed by atoms with Crippen LogP contribution in [0, 0.1) is 5.92 Å². The molecule has 0 unspecified atom stereocenters. The normalized spacial score (nSPS) is 15.8. The molecule has 4 heteroatoms. The number of hydrogen-bond donors (Lipinski definition) is 2. The summed E-state index contributed by atoms with van der Waals surface area (Å²) in [6.45, 7) is 11.0. The van der Waals surface area contributed by atoms with Crippen LogP contribution in [-0.4, -0.2) is 16.4 Å². The smallest absolute Gasteiger partial charge is 0.193 e. The minimum absolute atomic E-state index is 0.0208. The van der Waals surface area contributed by atoms with E-state index in [2.05, 4.69) is 45.3 Å². The van der Waals surface area contributed by atoms with Crippen LogP contribution in [0.25, 0.3) is 0 Å². The summed E-state index contributed by atoms with van der Waals surface area (Å²) in [4.78, 5) is 13.0. The minimum Gasteiger partial charge on any atom is -0.357 e. The number of nitrogens with one attached hydrogen (secondary N) is 2. The molecule has 0 heterocycles. The Kier molecular flexibility index (Phi) is 6.66. The first-order chi connectivity index (χ1) is 14.1. The van der Waals surface area contributed by atoms with Gasteiger partial charge >= 0.3 is 0 Å². The Morgan fingerprint density at radius 3 is 2.20 bits per heavy atom. The van der Waals surface area contributed by atoms with E-state index in [1.807, 2.05) is 48.5 Å². The Labute approximate surface area is 186 Å². The van der Waals surface area contributed by atoms with Gasteiger partial charge in [0.2, 0.25) is 0 Å². The van der Waals surface area contributed by atoms with Crippen LogP contribution >= 0.6 is 12.2 Å². The Hall–Kier alpha value is -2.20. The van der Waals surface area contributed by atoms with Crippen molar-refractivity contribution in [2.75, 3.05) is 5.32 Å². The van der Waals surface area contributed by atoms with Gasteiger partial charge in [-0.1, -0.05) is 83.9 Å². The van der Waals surface area contributed by atoms with E-state index in [1.54, 1.807) is 0 Å². The number of hydrogen-bond acceptors (Lipinski definition) is 2. The number of benzene rings is 2. The first-order valence-electron chi connectivity index (χ1n) is 11.0. The van der Waals surface area contributed by atoms with Crippen molar-refractivity contribution in [1.29, 1.82) is 0 Å². The minimum atomic E-state index is 0.0208. The van der Waals surface area contributed by atoms with E-state index in [-0.39, 0.29) is 16.7 Å². The van der Waals surface area contributed by atoms with Gasteiger partial charge in [0.1, 0.15) is 0 Å². The lowest BCUT2D eigenvalue weighted by Crippen LogP contribution is -2.51. The second-order valence-corrected chi connectivity index (χ2v) is 10.2. The molecule has 3 nitrogen and oxygen atoms in total. The molecule has 0 bridgehead atoms. The summed E-state index contributed by atoms with van der Waals surface area (Å²) in [5.74, 6) is 0.538. The van der Waals surface area contributed by atoms with Crippen LogP contribution in [0.2, 0.25) is 0 Å². The van der Waals surface area contributed by atoms with Crippen molar-refractivity contribution in [2.24, 2.45) is 5.92 Å². The van der Waals surface area contributed by atoms with E-state index < -0.39 is 0 Å². The van der Waals surface area contributed by atoms with Gasteiger partial charge in [-0.05, 0) is 54.1 Å².